The third-order valence-electron chi connectivity index (χ3n) is 2.16. The summed E-state index contributed by atoms with van der Waals surface area (Å²) in [6.07, 6.45) is 0. The highest BCUT2D eigenvalue weighted by atomic mass is 35.5. The van der Waals surface area contributed by atoms with Crippen molar-refractivity contribution in [3.8, 4) is 5.75 Å². The minimum Gasteiger partial charge on any atom is -0.497 e. The second kappa shape index (κ2) is 7.09. The van der Waals surface area contributed by atoms with Gasteiger partial charge in [0.05, 0.1) is 7.11 Å². The van der Waals surface area contributed by atoms with Gasteiger partial charge < -0.3 is 15.8 Å². The first-order valence-corrected chi connectivity index (χ1v) is 4.82. The SMILES string of the molecule is COc1ccc(NC(=O)C(C)CN)cc1.Cl. The Hall–Kier alpha value is -1.26. The number of methoxy groups -OCH3 is 1. The van der Waals surface area contributed by atoms with Crippen molar-refractivity contribution >= 4 is 24.0 Å². The van der Waals surface area contributed by atoms with Crippen LogP contribution in [0.2, 0.25) is 0 Å². The quantitative estimate of drug-likeness (QED) is 0.847. The molecule has 0 aromatic heterocycles. The van der Waals surface area contributed by atoms with Crippen molar-refractivity contribution in [3.05, 3.63) is 24.3 Å². The molecule has 0 aliphatic carbocycles. The molecule has 0 saturated carbocycles. The number of anilines is 1. The molecular weight excluding hydrogens is 228 g/mol. The van der Waals surface area contributed by atoms with E-state index in [1.807, 2.05) is 0 Å². The number of halogens is 1. The summed E-state index contributed by atoms with van der Waals surface area (Å²) in [5.41, 5.74) is 6.14. The van der Waals surface area contributed by atoms with Crippen LogP contribution in [0.1, 0.15) is 6.92 Å². The molecule has 0 radical (unpaired) electrons. The molecule has 0 bridgehead atoms. The predicted octanol–water partition coefficient (Wildman–Crippen LogP) is 1.65. The maximum absolute atomic E-state index is 11.5. The summed E-state index contributed by atoms with van der Waals surface area (Å²) in [5, 5.41) is 2.77. The van der Waals surface area contributed by atoms with Crippen LogP contribution in [0.5, 0.6) is 5.75 Å². The van der Waals surface area contributed by atoms with Crippen molar-refractivity contribution in [2.45, 2.75) is 6.92 Å². The van der Waals surface area contributed by atoms with E-state index in [2.05, 4.69) is 5.32 Å². The van der Waals surface area contributed by atoms with E-state index < -0.39 is 0 Å². The fourth-order valence-electron chi connectivity index (χ4n) is 1.05. The summed E-state index contributed by atoms with van der Waals surface area (Å²) in [7, 11) is 1.60. The predicted molar refractivity (Wildman–Crippen MR) is 67.1 cm³/mol. The number of benzene rings is 1. The first-order valence-electron chi connectivity index (χ1n) is 4.82. The lowest BCUT2D eigenvalue weighted by Gasteiger charge is -2.10. The standard InChI is InChI=1S/C11H16N2O2.ClH/c1-8(7-12)11(14)13-9-3-5-10(15-2)6-4-9;/h3-6,8H,7,12H2,1-2H3,(H,13,14);1H. The van der Waals surface area contributed by atoms with Crippen LogP contribution in [0, 0.1) is 5.92 Å². The molecule has 1 amide bonds. The molecule has 0 aliphatic rings. The van der Waals surface area contributed by atoms with Gasteiger partial charge in [-0.15, -0.1) is 12.4 Å². The molecule has 5 heteroatoms. The summed E-state index contributed by atoms with van der Waals surface area (Å²) in [6, 6.07) is 7.17. The molecule has 1 aromatic carbocycles. The Balaban J connectivity index is 0.00000225. The molecule has 3 N–H and O–H groups in total. The van der Waals surface area contributed by atoms with Gasteiger partial charge in [0.1, 0.15) is 5.75 Å². The van der Waals surface area contributed by atoms with E-state index in [1.165, 1.54) is 0 Å². The fraction of sp³-hybridized carbons (Fsp3) is 0.364. The molecule has 0 spiro atoms. The fourth-order valence-corrected chi connectivity index (χ4v) is 1.05. The molecule has 16 heavy (non-hydrogen) atoms. The monoisotopic (exact) mass is 244 g/mol. The highest BCUT2D eigenvalue weighted by Crippen LogP contribution is 2.15. The van der Waals surface area contributed by atoms with E-state index in [-0.39, 0.29) is 24.2 Å². The number of rotatable bonds is 4. The van der Waals surface area contributed by atoms with E-state index in [0.29, 0.717) is 6.54 Å². The van der Waals surface area contributed by atoms with Crippen LogP contribution in [0.25, 0.3) is 0 Å². The second-order valence-electron chi connectivity index (χ2n) is 3.35. The Labute approximate surface area is 102 Å². The van der Waals surface area contributed by atoms with Crippen LogP contribution >= 0.6 is 12.4 Å². The number of carbonyl (C=O) groups is 1. The van der Waals surface area contributed by atoms with Crippen LogP contribution in [0.3, 0.4) is 0 Å². The van der Waals surface area contributed by atoms with Gasteiger partial charge in [0.15, 0.2) is 0 Å². The summed E-state index contributed by atoms with van der Waals surface area (Å²) < 4.78 is 5.01. The zero-order valence-corrected chi connectivity index (χ0v) is 10.2. The van der Waals surface area contributed by atoms with Gasteiger partial charge in [0, 0.05) is 18.2 Å². The topological polar surface area (TPSA) is 64.3 Å². The summed E-state index contributed by atoms with van der Waals surface area (Å²) >= 11 is 0. The highest BCUT2D eigenvalue weighted by Gasteiger charge is 2.10. The molecule has 4 nitrogen and oxygen atoms in total. The van der Waals surface area contributed by atoms with Gasteiger partial charge in [-0.3, -0.25) is 4.79 Å². The number of nitrogens with one attached hydrogen (secondary N) is 1. The third kappa shape index (κ3) is 4.08. The summed E-state index contributed by atoms with van der Waals surface area (Å²) in [5.74, 6) is 0.523. The number of hydrogen-bond acceptors (Lipinski definition) is 3. The molecule has 90 valence electrons. The maximum atomic E-state index is 11.5. The lowest BCUT2D eigenvalue weighted by Crippen LogP contribution is -2.26. The first-order chi connectivity index (χ1) is 7.17. The molecule has 0 aliphatic heterocycles. The normalized spacial score (nSPS) is 11.2. The van der Waals surface area contributed by atoms with Crippen molar-refractivity contribution in [2.75, 3.05) is 19.0 Å². The van der Waals surface area contributed by atoms with Crippen molar-refractivity contribution in [1.82, 2.24) is 0 Å². The Morgan fingerprint density at radius 2 is 2.00 bits per heavy atom. The van der Waals surface area contributed by atoms with Crippen LogP contribution < -0.4 is 15.8 Å². The van der Waals surface area contributed by atoms with Crippen LogP contribution in [0.4, 0.5) is 5.69 Å². The smallest absolute Gasteiger partial charge is 0.228 e. The molecule has 1 rings (SSSR count). The Bertz CT molecular complexity index is 327. The molecule has 1 atom stereocenters. The van der Waals surface area contributed by atoms with Crippen LogP contribution in [0.15, 0.2) is 24.3 Å². The van der Waals surface area contributed by atoms with Crippen molar-refractivity contribution in [3.63, 3.8) is 0 Å². The van der Waals surface area contributed by atoms with Crippen molar-refractivity contribution in [2.24, 2.45) is 11.7 Å². The Kier molecular flexibility index (Phi) is 6.53. The van der Waals surface area contributed by atoms with Crippen LogP contribution in [-0.2, 0) is 4.79 Å². The van der Waals surface area contributed by atoms with Gasteiger partial charge in [-0.2, -0.15) is 0 Å². The minimum atomic E-state index is -0.174. The first kappa shape index (κ1) is 14.7. The highest BCUT2D eigenvalue weighted by molar-refractivity contribution is 5.92. The molecule has 0 saturated heterocycles. The lowest BCUT2D eigenvalue weighted by atomic mass is 10.1. The number of hydrogen-bond donors (Lipinski definition) is 2. The minimum absolute atomic E-state index is 0. The third-order valence-corrected chi connectivity index (χ3v) is 2.16. The van der Waals surface area contributed by atoms with Gasteiger partial charge in [-0.1, -0.05) is 6.92 Å². The van der Waals surface area contributed by atoms with Gasteiger partial charge in [0.2, 0.25) is 5.91 Å². The summed E-state index contributed by atoms with van der Waals surface area (Å²) in [4.78, 5) is 11.5. The second-order valence-corrected chi connectivity index (χ2v) is 3.35. The molecular formula is C11H17ClN2O2. The zero-order valence-electron chi connectivity index (χ0n) is 9.40. The molecule has 1 aromatic rings. The van der Waals surface area contributed by atoms with E-state index in [1.54, 1.807) is 38.3 Å². The number of nitrogens with two attached hydrogens (primary N) is 1. The lowest BCUT2D eigenvalue weighted by molar-refractivity contribution is -0.119. The van der Waals surface area contributed by atoms with Gasteiger partial charge in [-0.05, 0) is 24.3 Å². The molecule has 1 unspecified atom stereocenters. The van der Waals surface area contributed by atoms with E-state index >= 15 is 0 Å². The Morgan fingerprint density at radius 1 is 1.44 bits per heavy atom. The van der Waals surface area contributed by atoms with E-state index in [4.69, 9.17) is 10.5 Å². The number of ether oxygens (including phenoxy) is 1. The van der Waals surface area contributed by atoms with E-state index in [9.17, 15) is 4.79 Å². The van der Waals surface area contributed by atoms with E-state index in [0.717, 1.165) is 11.4 Å². The Morgan fingerprint density at radius 3 is 2.44 bits per heavy atom. The maximum Gasteiger partial charge on any atom is 0.228 e. The molecule has 0 heterocycles. The molecule has 0 fully saturated rings. The van der Waals surface area contributed by atoms with Crippen LogP contribution in [-0.4, -0.2) is 19.6 Å². The van der Waals surface area contributed by atoms with Gasteiger partial charge in [-0.25, -0.2) is 0 Å². The number of amides is 1. The van der Waals surface area contributed by atoms with Crippen molar-refractivity contribution < 1.29 is 9.53 Å². The number of carbonyl (C=O) groups excluding carboxylic acids is 1. The average molecular weight is 245 g/mol. The summed E-state index contributed by atoms with van der Waals surface area (Å²) in [6.45, 7) is 2.14. The van der Waals surface area contributed by atoms with Crippen molar-refractivity contribution in [1.29, 1.82) is 0 Å². The van der Waals surface area contributed by atoms with Gasteiger partial charge >= 0.3 is 0 Å². The zero-order chi connectivity index (χ0) is 11.3. The average Bonchev–Trinajstić information content (AvgIpc) is 2.29. The van der Waals surface area contributed by atoms with Gasteiger partial charge in [0.25, 0.3) is 0 Å². The largest absolute Gasteiger partial charge is 0.497 e.